The molecule has 0 spiro atoms. The van der Waals surface area contributed by atoms with E-state index in [1.807, 2.05) is 30.5 Å². The van der Waals surface area contributed by atoms with Crippen LogP contribution in [0.15, 0.2) is 29.8 Å². The van der Waals surface area contributed by atoms with Crippen LogP contribution in [0.3, 0.4) is 0 Å². The van der Waals surface area contributed by atoms with Crippen LogP contribution in [0, 0.1) is 0 Å². The number of amides is 1. The van der Waals surface area contributed by atoms with Crippen LogP contribution in [-0.4, -0.2) is 22.4 Å². The monoisotopic (exact) mass is 275 g/mol. The van der Waals surface area contributed by atoms with Crippen molar-refractivity contribution in [2.24, 2.45) is 0 Å². The van der Waals surface area contributed by atoms with Gasteiger partial charge in [0.1, 0.15) is 5.01 Å². The summed E-state index contributed by atoms with van der Waals surface area (Å²) in [6, 6.07) is 5.77. The number of nitrogens with one attached hydrogen (secondary N) is 1. The molecule has 0 bridgehead atoms. The fraction of sp³-hybridized carbons (Fsp3) is 0.357. The van der Waals surface area contributed by atoms with Gasteiger partial charge in [-0.2, -0.15) is 0 Å². The van der Waals surface area contributed by atoms with Crippen LogP contribution in [0.2, 0.25) is 0 Å². The van der Waals surface area contributed by atoms with E-state index in [-0.39, 0.29) is 5.91 Å². The quantitative estimate of drug-likeness (QED) is 0.881. The van der Waals surface area contributed by atoms with Crippen molar-refractivity contribution in [3.8, 4) is 10.7 Å². The second-order valence-electron chi connectivity index (χ2n) is 4.21. The molecule has 0 fully saturated rings. The Morgan fingerprint density at radius 3 is 3.05 bits per heavy atom. The fourth-order valence-electron chi connectivity index (χ4n) is 1.62. The maximum Gasteiger partial charge on any atom is 0.220 e. The number of carbonyl (C=O) groups is 1. The minimum atomic E-state index is 0.0919. The second-order valence-corrected chi connectivity index (χ2v) is 5.07. The highest BCUT2D eigenvalue weighted by Gasteiger charge is 2.07. The summed E-state index contributed by atoms with van der Waals surface area (Å²) in [4.78, 5) is 20.3. The number of rotatable bonds is 6. The molecule has 2 aromatic rings. The molecule has 4 nitrogen and oxygen atoms in total. The topological polar surface area (TPSA) is 54.9 Å². The lowest BCUT2D eigenvalue weighted by molar-refractivity contribution is -0.121. The molecule has 0 unspecified atom stereocenters. The van der Waals surface area contributed by atoms with Gasteiger partial charge < -0.3 is 5.32 Å². The van der Waals surface area contributed by atoms with Crippen LogP contribution in [0.1, 0.15) is 25.5 Å². The standard InChI is InChI=1S/C14H17N3OS/c1-2-8-16-13(18)7-6-11-10-19-14(17-11)12-5-3-4-9-15-12/h3-5,9-10H,2,6-8H2,1H3,(H,16,18). The number of pyridine rings is 1. The number of thiazole rings is 1. The lowest BCUT2D eigenvalue weighted by Gasteiger charge is -2.01. The van der Waals surface area contributed by atoms with E-state index in [4.69, 9.17) is 0 Å². The van der Waals surface area contributed by atoms with Gasteiger partial charge in [0.25, 0.3) is 0 Å². The Morgan fingerprint density at radius 2 is 2.32 bits per heavy atom. The molecule has 0 aromatic carbocycles. The van der Waals surface area contributed by atoms with Crippen molar-refractivity contribution < 1.29 is 4.79 Å². The first-order valence-corrected chi connectivity index (χ1v) is 7.30. The van der Waals surface area contributed by atoms with Crippen LogP contribution in [0.4, 0.5) is 0 Å². The molecule has 0 saturated heterocycles. The van der Waals surface area contributed by atoms with Gasteiger partial charge in [0.15, 0.2) is 0 Å². The second kappa shape index (κ2) is 6.99. The van der Waals surface area contributed by atoms with Gasteiger partial charge in [0.05, 0.1) is 11.4 Å². The summed E-state index contributed by atoms with van der Waals surface area (Å²) in [6.07, 6.45) is 3.89. The summed E-state index contributed by atoms with van der Waals surface area (Å²) >= 11 is 1.57. The highest BCUT2D eigenvalue weighted by Crippen LogP contribution is 2.21. The molecule has 2 aromatic heterocycles. The number of aryl methyl sites for hydroxylation is 1. The van der Waals surface area contributed by atoms with E-state index in [2.05, 4.69) is 15.3 Å². The van der Waals surface area contributed by atoms with E-state index in [9.17, 15) is 4.79 Å². The highest BCUT2D eigenvalue weighted by atomic mass is 32.1. The molecule has 5 heteroatoms. The van der Waals surface area contributed by atoms with Crippen molar-refractivity contribution in [1.82, 2.24) is 15.3 Å². The van der Waals surface area contributed by atoms with Gasteiger partial charge in [-0.25, -0.2) is 4.98 Å². The zero-order chi connectivity index (χ0) is 13.5. The molecule has 0 aliphatic rings. The first-order valence-electron chi connectivity index (χ1n) is 6.42. The predicted octanol–water partition coefficient (Wildman–Crippen LogP) is 2.66. The Hall–Kier alpha value is -1.75. The van der Waals surface area contributed by atoms with Crippen LogP contribution in [0.25, 0.3) is 10.7 Å². The number of hydrogen-bond donors (Lipinski definition) is 1. The van der Waals surface area contributed by atoms with Gasteiger partial charge in [0, 0.05) is 24.5 Å². The molecule has 0 radical (unpaired) electrons. The summed E-state index contributed by atoms with van der Waals surface area (Å²) in [6.45, 7) is 2.79. The Balaban J connectivity index is 1.90. The number of hydrogen-bond acceptors (Lipinski definition) is 4. The first-order chi connectivity index (χ1) is 9.29. The number of carbonyl (C=O) groups excluding carboxylic acids is 1. The van der Waals surface area contributed by atoms with E-state index in [1.54, 1.807) is 17.5 Å². The van der Waals surface area contributed by atoms with E-state index in [0.717, 1.165) is 29.4 Å². The van der Waals surface area contributed by atoms with E-state index >= 15 is 0 Å². The summed E-state index contributed by atoms with van der Waals surface area (Å²) < 4.78 is 0. The predicted molar refractivity (Wildman–Crippen MR) is 77.0 cm³/mol. The zero-order valence-corrected chi connectivity index (χ0v) is 11.7. The molecule has 0 aliphatic carbocycles. The highest BCUT2D eigenvalue weighted by molar-refractivity contribution is 7.13. The Labute approximate surface area is 116 Å². The maximum atomic E-state index is 11.5. The molecule has 19 heavy (non-hydrogen) atoms. The summed E-state index contributed by atoms with van der Waals surface area (Å²) in [7, 11) is 0. The number of nitrogens with zero attached hydrogens (tertiary/aromatic N) is 2. The number of aromatic nitrogens is 2. The van der Waals surface area contributed by atoms with Gasteiger partial charge in [-0.15, -0.1) is 11.3 Å². The first kappa shape index (κ1) is 13.7. The third kappa shape index (κ3) is 4.13. The zero-order valence-electron chi connectivity index (χ0n) is 10.9. The van der Waals surface area contributed by atoms with Crippen molar-refractivity contribution in [3.05, 3.63) is 35.5 Å². The molecule has 2 heterocycles. The molecule has 100 valence electrons. The molecule has 0 aliphatic heterocycles. The van der Waals surface area contributed by atoms with Crippen molar-refractivity contribution in [2.45, 2.75) is 26.2 Å². The average molecular weight is 275 g/mol. The Bertz CT molecular complexity index is 524. The van der Waals surface area contributed by atoms with E-state index in [1.165, 1.54) is 0 Å². The maximum absolute atomic E-state index is 11.5. The van der Waals surface area contributed by atoms with Crippen LogP contribution in [0.5, 0.6) is 0 Å². The SMILES string of the molecule is CCCNC(=O)CCc1csc(-c2ccccn2)n1. The molecule has 2 rings (SSSR count). The van der Waals surface area contributed by atoms with Crippen molar-refractivity contribution >= 4 is 17.2 Å². The largest absolute Gasteiger partial charge is 0.356 e. The minimum Gasteiger partial charge on any atom is -0.356 e. The lowest BCUT2D eigenvalue weighted by Crippen LogP contribution is -2.24. The van der Waals surface area contributed by atoms with Gasteiger partial charge >= 0.3 is 0 Å². The van der Waals surface area contributed by atoms with Crippen molar-refractivity contribution in [1.29, 1.82) is 0 Å². The van der Waals surface area contributed by atoms with Gasteiger partial charge in [-0.1, -0.05) is 13.0 Å². The average Bonchev–Trinajstić information content (AvgIpc) is 2.93. The molecule has 1 N–H and O–H groups in total. The van der Waals surface area contributed by atoms with Crippen LogP contribution in [-0.2, 0) is 11.2 Å². The summed E-state index contributed by atoms with van der Waals surface area (Å²) in [5, 5.41) is 5.77. The van der Waals surface area contributed by atoms with Gasteiger partial charge in [-0.3, -0.25) is 9.78 Å². The normalized spacial score (nSPS) is 10.4. The Morgan fingerprint density at radius 1 is 1.42 bits per heavy atom. The van der Waals surface area contributed by atoms with Crippen molar-refractivity contribution in [2.75, 3.05) is 6.54 Å². The molecule has 1 amide bonds. The molecular weight excluding hydrogens is 258 g/mol. The smallest absolute Gasteiger partial charge is 0.220 e. The molecule has 0 atom stereocenters. The third-order valence-electron chi connectivity index (χ3n) is 2.62. The fourth-order valence-corrected chi connectivity index (χ4v) is 2.45. The van der Waals surface area contributed by atoms with Gasteiger partial charge in [0.2, 0.25) is 5.91 Å². The molecule has 0 saturated carbocycles. The third-order valence-corrected chi connectivity index (χ3v) is 3.53. The van der Waals surface area contributed by atoms with E-state index < -0.39 is 0 Å². The van der Waals surface area contributed by atoms with Crippen molar-refractivity contribution in [3.63, 3.8) is 0 Å². The summed E-state index contributed by atoms with van der Waals surface area (Å²) in [5.74, 6) is 0.0919. The minimum absolute atomic E-state index is 0.0919. The molecular formula is C14H17N3OS. The lowest BCUT2D eigenvalue weighted by atomic mass is 10.2. The van der Waals surface area contributed by atoms with Gasteiger partial charge in [-0.05, 0) is 25.0 Å². The van der Waals surface area contributed by atoms with Crippen LogP contribution >= 0.6 is 11.3 Å². The van der Waals surface area contributed by atoms with Crippen LogP contribution < -0.4 is 5.32 Å². The summed E-state index contributed by atoms with van der Waals surface area (Å²) in [5.41, 5.74) is 1.84. The Kier molecular flexibility index (Phi) is 5.03. The van der Waals surface area contributed by atoms with E-state index in [0.29, 0.717) is 12.8 Å².